The second kappa shape index (κ2) is 8.61. The smallest absolute Gasteiger partial charge is 0.372 e. The lowest BCUT2D eigenvalue weighted by Gasteiger charge is -2.48. The first-order chi connectivity index (χ1) is 14.5. The molecule has 170 valence electrons. The highest BCUT2D eigenvalue weighted by Crippen LogP contribution is 2.45. The van der Waals surface area contributed by atoms with Crippen LogP contribution in [0.1, 0.15) is 70.6 Å². The van der Waals surface area contributed by atoms with Gasteiger partial charge in [0.25, 0.3) is 0 Å². The van der Waals surface area contributed by atoms with E-state index in [1.54, 1.807) is 0 Å². The van der Waals surface area contributed by atoms with E-state index in [1.807, 2.05) is 6.34 Å². The molecule has 7 heteroatoms. The van der Waals surface area contributed by atoms with E-state index in [4.69, 9.17) is 0 Å². The van der Waals surface area contributed by atoms with Crippen LogP contribution in [0, 0.1) is 11.8 Å². The van der Waals surface area contributed by atoms with Gasteiger partial charge in [0.2, 0.25) is 0 Å². The number of nitrogens with zero attached hydrogens (tertiary/aromatic N) is 3. The van der Waals surface area contributed by atoms with E-state index in [9.17, 15) is 13.2 Å². The number of likely N-dealkylation sites (tertiary alicyclic amines) is 2. The summed E-state index contributed by atoms with van der Waals surface area (Å²) in [6, 6.07) is 1.15. The average molecular weight is 427 g/mol. The van der Waals surface area contributed by atoms with Gasteiger partial charge < -0.3 is 5.32 Å². The Morgan fingerprint density at radius 1 is 0.833 bits per heavy atom. The Morgan fingerprint density at radius 2 is 1.67 bits per heavy atom. The fourth-order valence-electron chi connectivity index (χ4n) is 7.38. The molecule has 2 saturated heterocycles. The molecule has 0 aromatic heterocycles. The Morgan fingerprint density at radius 3 is 2.47 bits per heavy atom. The van der Waals surface area contributed by atoms with Crippen molar-refractivity contribution in [2.45, 2.75) is 107 Å². The van der Waals surface area contributed by atoms with Gasteiger partial charge in [0.05, 0.1) is 18.3 Å². The Labute approximate surface area is 178 Å². The summed E-state index contributed by atoms with van der Waals surface area (Å²) >= 11 is 0. The minimum absolute atomic E-state index is 0.107. The molecule has 30 heavy (non-hydrogen) atoms. The van der Waals surface area contributed by atoms with E-state index in [1.165, 1.54) is 12.8 Å². The molecule has 2 aliphatic carbocycles. The number of hydrogen-bond donors (Lipinski definition) is 1. The van der Waals surface area contributed by atoms with Gasteiger partial charge >= 0.3 is 6.18 Å². The van der Waals surface area contributed by atoms with Crippen LogP contribution in [0.15, 0.2) is 4.99 Å². The Bertz CT molecular complexity index is 618. The zero-order valence-corrected chi connectivity index (χ0v) is 18.0. The maximum atomic E-state index is 14.1. The van der Waals surface area contributed by atoms with Gasteiger partial charge in [-0.1, -0.05) is 6.42 Å². The van der Waals surface area contributed by atoms with Gasteiger partial charge in [-0.25, -0.2) is 0 Å². The summed E-state index contributed by atoms with van der Waals surface area (Å²) < 4.78 is 42.4. The van der Waals surface area contributed by atoms with Gasteiger partial charge in [0, 0.05) is 24.2 Å². The molecule has 3 heterocycles. The van der Waals surface area contributed by atoms with Crippen molar-refractivity contribution in [3.63, 3.8) is 0 Å². The molecule has 0 radical (unpaired) electrons. The Balaban J connectivity index is 1.27. The van der Waals surface area contributed by atoms with Crippen molar-refractivity contribution in [3.05, 3.63) is 0 Å². The first-order valence-corrected chi connectivity index (χ1v) is 12.3. The summed E-state index contributed by atoms with van der Waals surface area (Å²) in [4.78, 5) is 9.23. The van der Waals surface area contributed by atoms with Crippen LogP contribution in [0.4, 0.5) is 13.2 Å². The van der Waals surface area contributed by atoms with Crippen LogP contribution in [-0.2, 0) is 0 Å². The number of alkyl halides is 3. The molecule has 5 rings (SSSR count). The molecular weight excluding hydrogens is 389 g/mol. The number of nitrogens with one attached hydrogen (secondary N) is 1. The van der Waals surface area contributed by atoms with Crippen molar-refractivity contribution in [2.24, 2.45) is 16.8 Å². The first kappa shape index (κ1) is 21.0. The number of hydrogen-bond acceptors (Lipinski definition) is 4. The zero-order chi connectivity index (χ0) is 20.7. The van der Waals surface area contributed by atoms with E-state index in [-0.39, 0.29) is 12.1 Å². The van der Waals surface area contributed by atoms with Gasteiger partial charge in [-0.05, 0) is 89.8 Å². The van der Waals surface area contributed by atoms with Gasteiger partial charge in [0.1, 0.15) is 0 Å². The molecule has 6 unspecified atom stereocenters. The highest BCUT2D eigenvalue weighted by molar-refractivity contribution is 5.58. The van der Waals surface area contributed by atoms with Crippen LogP contribution < -0.4 is 5.32 Å². The van der Waals surface area contributed by atoms with Crippen molar-refractivity contribution in [1.82, 2.24) is 15.1 Å². The minimum Gasteiger partial charge on any atom is -0.372 e. The lowest BCUT2D eigenvalue weighted by Crippen LogP contribution is -2.55. The van der Waals surface area contributed by atoms with Crippen LogP contribution in [0.5, 0.6) is 0 Å². The maximum Gasteiger partial charge on any atom is 0.393 e. The van der Waals surface area contributed by atoms with E-state index >= 15 is 0 Å². The van der Waals surface area contributed by atoms with Crippen LogP contribution in [-0.4, -0.2) is 72.2 Å². The maximum absolute atomic E-state index is 14.1. The van der Waals surface area contributed by atoms with Crippen molar-refractivity contribution in [1.29, 1.82) is 0 Å². The molecule has 0 aromatic rings. The van der Waals surface area contributed by atoms with Crippen LogP contribution in [0.3, 0.4) is 0 Å². The number of piperidine rings is 1. The average Bonchev–Trinajstić information content (AvgIpc) is 3.42. The van der Waals surface area contributed by atoms with Crippen molar-refractivity contribution < 1.29 is 13.2 Å². The molecular formula is C23H37F3N4. The lowest BCUT2D eigenvalue weighted by molar-refractivity contribution is -0.206. The second-order valence-corrected chi connectivity index (χ2v) is 10.4. The number of aliphatic imine (C=N–C) groups is 1. The van der Waals surface area contributed by atoms with E-state index < -0.39 is 12.1 Å². The Hall–Kier alpha value is -0.820. The molecule has 4 fully saturated rings. The van der Waals surface area contributed by atoms with Crippen molar-refractivity contribution in [2.75, 3.05) is 19.6 Å². The summed E-state index contributed by atoms with van der Waals surface area (Å²) in [6.07, 6.45) is 8.73. The predicted octanol–water partition coefficient (Wildman–Crippen LogP) is 4.21. The monoisotopic (exact) mass is 426 g/mol. The summed E-state index contributed by atoms with van der Waals surface area (Å²) in [5, 5.41) is 3.41. The molecule has 7 atom stereocenters. The predicted molar refractivity (Wildman–Crippen MR) is 113 cm³/mol. The molecule has 0 amide bonds. The molecule has 0 aromatic carbocycles. The van der Waals surface area contributed by atoms with Crippen molar-refractivity contribution >= 4 is 6.34 Å². The normalized spacial score (nSPS) is 43.5. The summed E-state index contributed by atoms with van der Waals surface area (Å²) in [6.45, 7) is 2.70. The fourth-order valence-corrected chi connectivity index (χ4v) is 7.38. The number of halogens is 3. The highest BCUT2D eigenvalue weighted by atomic mass is 19.4. The summed E-state index contributed by atoms with van der Waals surface area (Å²) in [5.74, 6) is -0.552. The van der Waals surface area contributed by atoms with Gasteiger partial charge in [0.15, 0.2) is 0 Å². The quantitative estimate of drug-likeness (QED) is 0.734. The van der Waals surface area contributed by atoms with Crippen LogP contribution in [0.2, 0.25) is 0 Å². The van der Waals surface area contributed by atoms with Crippen molar-refractivity contribution in [3.8, 4) is 0 Å². The van der Waals surface area contributed by atoms with E-state index in [0.29, 0.717) is 36.9 Å². The van der Waals surface area contributed by atoms with Gasteiger partial charge in [-0.15, -0.1) is 0 Å². The third kappa shape index (κ3) is 4.13. The van der Waals surface area contributed by atoms with Crippen LogP contribution >= 0.6 is 0 Å². The van der Waals surface area contributed by atoms with Crippen LogP contribution in [0.25, 0.3) is 0 Å². The summed E-state index contributed by atoms with van der Waals surface area (Å²) in [5.41, 5.74) is 0. The number of fused-ring (bicyclic) bond motifs is 1. The molecule has 0 spiro atoms. The molecule has 4 nitrogen and oxygen atoms in total. The molecule has 2 saturated carbocycles. The molecule has 5 aliphatic rings. The van der Waals surface area contributed by atoms with E-state index in [2.05, 4.69) is 20.1 Å². The van der Waals surface area contributed by atoms with E-state index in [0.717, 1.165) is 64.6 Å². The first-order valence-electron chi connectivity index (χ1n) is 12.3. The minimum atomic E-state index is -4.08. The topological polar surface area (TPSA) is 30.9 Å². The third-order valence-corrected chi connectivity index (χ3v) is 8.83. The Kier molecular flexibility index (Phi) is 6.04. The second-order valence-electron chi connectivity index (χ2n) is 10.4. The summed E-state index contributed by atoms with van der Waals surface area (Å²) in [7, 11) is 0. The highest BCUT2D eigenvalue weighted by Gasteiger charge is 2.51. The zero-order valence-electron chi connectivity index (χ0n) is 18.0. The van der Waals surface area contributed by atoms with Gasteiger partial charge in [-0.2, -0.15) is 13.2 Å². The number of rotatable bonds is 3. The largest absolute Gasteiger partial charge is 0.393 e. The standard InChI is InChI=1S/C23H37F3N4/c24-23(25,26)18-14-17(7-9-22(18)29-10-2-1-3-11-29)30-12-4-5-21(30)16-6-8-19-20(13-16)28-15-27-19/h15-22H,1-14H2,(H,27,28)/t16?,17?,18?,19?,20?,21-,22?/m1/s1. The van der Waals surface area contributed by atoms with Gasteiger partial charge in [-0.3, -0.25) is 14.8 Å². The molecule has 3 aliphatic heterocycles. The molecule has 1 N–H and O–H groups in total. The SMILES string of the molecule is FC(F)(F)C1CC(N2CCC[C@@H]2C2CCC3N=CNC3C2)CCC1N1CCCCC1. The fraction of sp³-hybridized carbons (Fsp3) is 0.957. The third-order valence-electron chi connectivity index (χ3n) is 8.83. The lowest BCUT2D eigenvalue weighted by atomic mass is 9.76. The molecule has 0 bridgehead atoms.